The van der Waals surface area contributed by atoms with Crippen LogP contribution in [0.25, 0.3) is 11.4 Å². The number of hydrogen-bond acceptors (Lipinski definition) is 10. The Morgan fingerprint density at radius 1 is 1.18 bits per heavy atom. The maximum Gasteiger partial charge on any atom is 0.348 e. The largest absolute Gasteiger partial charge is 0.465 e. The Bertz CT molecular complexity index is 1210. The number of thiophene rings is 2. The molecule has 3 rings (SSSR count). The quantitative estimate of drug-likeness (QED) is 0.314. The Labute approximate surface area is 209 Å². The van der Waals surface area contributed by atoms with Crippen LogP contribution >= 0.6 is 34.4 Å². The molecule has 1 amide bonds. The summed E-state index contributed by atoms with van der Waals surface area (Å²) in [6, 6.07) is 2.20. The smallest absolute Gasteiger partial charge is 0.348 e. The molecule has 0 saturated carbocycles. The highest BCUT2D eigenvalue weighted by molar-refractivity contribution is 7.99. The number of methoxy groups -OCH3 is 2. The Morgan fingerprint density at radius 3 is 2.47 bits per heavy atom. The lowest BCUT2D eigenvalue weighted by atomic mass is 10.1. The average molecular weight is 523 g/mol. The van der Waals surface area contributed by atoms with E-state index < -0.39 is 11.9 Å². The zero-order chi connectivity index (χ0) is 25.0. The van der Waals surface area contributed by atoms with E-state index in [0.29, 0.717) is 10.7 Å². The van der Waals surface area contributed by atoms with Crippen molar-refractivity contribution < 1.29 is 23.9 Å². The number of hydrogen-bond donors (Lipinski definition) is 1. The molecule has 0 spiro atoms. The van der Waals surface area contributed by atoms with Crippen molar-refractivity contribution in [3.8, 4) is 11.4 Å². The fourth-order valence-corrected chi connectivity index (χ4v) is 6.06. The molecule has 12 heteroatoms. The van der Waals surface area contributed by atoms with Gasteiger partial charge in [0.25, 0.3) is 0 Å². The summed E-state index contributed by atoms with van der Waals surface area (Å²) in [5, 5.41) is 14.3. The van der Waals surface area contributed by atoms with Gasteiger partial charge in [0.2, 0.25) is 5.91 Å². The second-order valence-electron chi connectivity index (χ2n) is 7.51. The fourth-order valence-electron chi connectivity index (χ4n) is 3.25. The van der Waals surface area contributed by atoms with Gasteiger partial charge in [0.15, 0.2) is 11.0 Å². The maximum absolute atomic E-state index is 12.8. The number of carbonyl (C=O) groups excluding carboxylic acids is 3. The van der Waals surface area contributed by atoms with Crippen molar-refractivity contribution >= 4 is 57.3 Å². The summed E-state index contributed by atoms with van der Waals surface area (Å²) in [7, 11) is 2.50. The van der Waals surface area contributed by atoms with Gasteiger partial charge in [-0.3, -0.25) is 9.36 Å². The van der Waals surface area contributed by atoms with Crippen molar-refractivity contribution in [1.82, 2.24) is 14.8 Å². The highest BCUT2D eigenvalue weighted by Gasteiger charge is 2.27. The van der Waals surface area contributed by atoms with Crippen molar-refractivity contribution in [3.05, 3.63) is 32.3 Å². The Balaban J connectivity index is 1.79. The van der Waals surface area contributed by atoms with Crippen LogP contribution in [-0.4, -0.2) is 52.6 Å². The number of carbonyl (C=O) groups is 3. The molecule has 9 nitrogen and oxygen atoms in total. The van der Waals surface area contributed by atoms with Gasteiger partial charge in [-0.2, -0.15) is 0 Å². The Hall–Kier alpha value is -2.70. The predicted molar refractivity (Wildman–Crippen MR) is 134 cm³/mol. The number of nitrogens with zero attached hydrogens (tertiary/aromatic N) is 3. The van der Waals surface area contributed by atoms with E-state index >= 15 is 0 Å². The van der Waals surface area contributed by atoms with Gasteiger partial charge in [-0.05, 0) is 38.8 Å². The first kappa shape index (κ1) is 25.9. The molecule has 0 aromatic carbocycles. The lowest BCUT2D eigenvalue weighted by Crippen LogP contribution is -2.16. The van der Waals surface area contributed by atoms with Crippen molar-refractivity contribution in [3.63, 3.8) is 0 Å². The van der Waals surface area contributed by atoms with Crippen LogP contribution in [0.15, 0.2) is 16.6 Å². The summed E-state index contributed by atoms with van der Waals surface area (Å²) in [4.78, 5) is 38.6. The van der Waals surface area contributed by atoms with Crippen LogP contribution in [0.5, 0.6) is 0 Å². The van der Waals surface area contributed by atoms with Gasteiger partial charge in [-0.1, -0.05) is 18.7 Å². The number of esters is 2. The molecule has 3 heterocycles. The molecule has 0 atom stereocenters. The Morgan fingerprint density at radius 2 is 1.88 bits per heavy atom. The van der Waals surface area contributed by atoms with Crippen LogP contribution in [0, 0.1) is 6.92 Å². The SMILES string of the molecule is CCc1cc(-c2nnc(SCC(=O)Nc3sc(C(=O)OC)c(C)c3C(=O)OC)n2C(C)C)cs1. The minimum atomic E-state index is -0.640. The predicted octanol–water partition coefficient (Wildman–Crippen LogP) is 4.82. The molecular weight excluding hydrogens is 496 g/mol. The van der Waals surface area contributed by atoms with E-state index in [4.69, 9.17) is 9.47 Å². The highest BCUT2D eigenvalue weighted by atomic mass is 32.2. The molecule has 0 bridgehead atoms. The monoisotopic (exact) mass is 522 g/mol. The number of ether oxygens (including phenoxy) is 2. The second-order valence-corrected chi connectivity index (χ2v) is 10.5. The number of aryl methyl sites for hydroxylation is 1. The third-order valence-electron chi connectivity index (χ3n) is 4.93. The van der Waals surface area contributed by atoms with Gasteiger partial charge in [-0.25, -0.2) is 9.59 Å². The van der Waals surface area contributed by atoms with Gasteiger partial charge in [0.05, 0.1) is 25.5 Å². The molecule has 0 aliphatic rings. The molecule has 0 aliphatic carbocycles. The minimum Gasteiger partial charge on any atom is -0.465 e. The van der Waals surface area contributed by atoms with Crippen LogP contribution in [0.4, 0.5) is 5.00 Å². The first-order valence-electron chi connectivity index (χ1n) is 10.5. The fraction of sp³-hybridized carbons (Fsp3) is 0.409. The molecule has 3 aromatic rings. The molecule has 3 aromatic heterocycles. The summed E-state index contributed by atoms with van der Waals surface area (Å²) in [5.41, 5.74) is 1.55. The van der Waals surface area contributed by atoms with Crippen molar-refractivity contribution in [1.29, 1.82) is 0 Å². The third-order valence-corrected chi connectivity index (χ3v) is 8.15. The molecular formula is C22H26N4O5S3. The number of aromatic nitrogens is 3. The Kier molecular flexibility index (Phi) is 8.50. The molecule has 0 unspecified atom stereocenters. The van der Waals surface area contributed by atoms with E-state index in [1.807, 2.05) is 18.4 Å². The molecule has 182 valence electrons. The van der Waals surface area contributed by atoms with Crippen molar-refractivity contribution in [2.75, 3.05) is 25.3 Å². The summed E-state index contributed by atoms with van der Waals surface area (Å²) in [6.45, 7) is 7.79. The van der Waals surface area contributed by atoms with E-state index in [2.05, 4.69) is 33.9 Å². The zero-order valence-electron chi connectivity index (χ0n) is 19.8. The number of amides is 1. The van der Waals surface area contributed by atoms with Gasteiger partial charge in [0, 0.05) is 21.9 Å². The third kappa shape index (κ3) is 5.34. The van der Waals surface area contributed by atoms with Gasteiger partial charge < -0.3 is 14.8 Å². The number of rotatable bonds is 9. The van der Waals surface area contributed by atoms with Gasteiger partial charge >= 0.3 is 11.9 Å². The van der Waals surface area contributed by atoms with E-state index in [-0.39, 0.29) is 33.1 Å². The van der Waals surface area contributed by atoms with E-state index in [1.165, 1.54) is 30.9 Å². The van der Waals surface area contributed by atoms with Crippen LogP contribution < -0.4 is 5.32 Å². The van der Waals surface area contributed by atoms with Crippen molar-refractivity contribution in [2.24, 2.45) is 0 Å². The molecule has 0 saturated heterocycles. The maximum atomic E-state index is 12.8. The van der Waals surface area contributed by atoms with Crippen LogP contribution in [0.1, 0.15) is 57.3 Å². The minimum absolute atomic E-state index is 0.0415. The number of anilines is 1. The van der Waals surface area contributed by atoms with E-state index in [9.17, 15) is 14.4 Å². The first-order chi connectivity index (χ1) is 16.2. The lowest BCUT2D eigenvalue weighted by molar-refractivity contribution is -0.113. The second kappa shape index (κ2) is 11.2. The average Bonchev–Trinajstić information content (AvgIpc) is 3.53. The molecule has 34 heavy (non-hydrogen) atoms. The summed E-state index contributed by atoms with van der Waals surface area (Å²) in [5.74, 6) is -0.771. The summed E-state index contributed by atoms with van der Waals surface area (Å²) < 4.78 is 11.6. The molecule has 0 aliphatic heterocycles. The van der Waals surface area contributed by atoms with Gasteiger partial charge in [-0.15, -0.1) is 32.9 Å². The standard InChI is InChI=1S/C22H26N4O5S3/c1-7-14-8-13(9-32-14)18-24-25-22(26(18)11(2)3)33-10-15(27)23-19-16(20(28)30-5)12(4)17(34-19)21(29)31-6/h8-9,11H,7,10H2,1-6H3,(H,23,27). The molecule has 0 radical (unpaired) electrons. The highest BCUT2D eigenvalue weighted by Crippen LogP contribution is 2.35. The van der Waals surface area contributed by atoms with Crippen molar-refractivity contribution in [2.45, 2.75) is 45.3 Å². The van der Waals surface area contributed by atoms with Gasteiger partial charge in [0.1, 0.15) is 9.88 Å². The van der Waals surface area contributed by atoms with E-state index in [0.717, 1.165) is 29.1 Å². The van der Waals surface area contributed by atoms with Crippen LogP contribution in [-0.2, 0) is 20.7 Å². The number of nitrogens with one attached hydrogen (secondary N) is 1. The topological polar surface area (TPSA) is 112 Å². The van der Waals surface area contributed by atoms with Crippen LogP contribution in [0.3, 0.4) is 0 Å². The molecule has 0 fully saturated rings. The zero-order valence-corrected chi connectivity index (χ0v) is 22.2. The summed E-state index contributed by atoms with van der Waals surface area (Å²) in [6.07, 6.45) is 0.954. The number of thioether (sulfide) groups is 1. The normalized spacial score (nSPS) is 11.0. The lowest BCUT2D eigenvalue weighted by Gasteiger charge is -2.13. The summed E-state index contributed by atoms with van der Waals surface area (Å²) >= 11 is 3.91. The molecule has 1 N–H and O–H groups in total. The van der Waals surface area contributed by atoms with E-state index in [1.54, 1.807) is 18.3 Å². The first-order valence-corrected chi connectivity index (χ1v) is 13.1. The van der Waals surface area contributed by atoms with Crippen LogP contribution in [0.2, 0.25) is 0 Å².